The molecule has 1 unspecified atom stereocenters. The minimum absolute atomic E-state index is 0.0167. The van der Waals surface area contributed by atoms with Crippen molar-refractivity contribution in [3.8, 4) is 0 Å². The number of hydrazine groups is 1. The lowest BCUT2D eigenvalue weighted by molar-refractivity contribution is 0.471. The van der Waals surface area contributed by atoms with Crippen molar-refractivity contribution in [2.75, 3.05) is 0 Å². The lowest BCUT2D eigenvalue weighted by Gasteiger charge is -2.18. The zero-order valence-electron chi connectivity index (χ0n) is 10.6. The quantitative estimate of drug-likeness (QED) is 0.615. The smallest absolute Gasteiger partial charge is 0.142 e. The van der Waals surface area contributed by atoms with Crippen molar-refractivity contribution in [1.82, 2.24) is 5.43 Å². The highest BCUT2D eigenvalue weighted by Crippen LogP contribution is 2.27. The molecule has 0 bridgehead atoms. The van der Waals surface area contributed by atoms with Crippen LogP contribution in [0.5, 0.6) is 0 Å². The van der Waals surface area contributed by atoms with Crippen LogP contribution in [0.25, 0.3) is 0 Å². The van der Waals surface area contributed by atoms with Gasteiger partial charge in [-0.2, -0.15) is 0 Å². The van der Waals surface area contributed by atoms with E-state index < -0.39 is 23.5 Å². The molecule has 0 saturated heterocycles. The molecular weight excluding hydrogens is 369 g/mol. The summed E-state index contributed by atoms with van der Waals surface area (Å²) >= 11 is 8.60. The maximum absolute atomic E-state index is 13.9. The summed E-state index contributed by atoms with van der Waals surface area (Å²) in [5.74, 6) is 3.31. The second kappa shape index (κ2) is 6.79. The third kappa shape index (κ3) is 3.77. The fourth-order valence-corrected chi connectivity index (χ4v) is 2.55. The Hall–Kier alpha value is -1.08. The van der Waals surface area contributed by atoms with E-state index in [0.717, 1.165) is 12.1 Å². The van der Waals surface area contributed by atoms with E-state index in [1.165, 1.54) is 12.1 Å². The molecule has 0 spiro atoms. The maximum Gasteiger partial charge on any atom is 0.142 e. The fraction of sp³-hybridized carbons (Fsp3) is 0.143. The number of nitrogens with two attached hydrogens (primary N) is 1. The zero-order valence-corrected chi connectivity index (χ0v) is 13.0. The molecule has 0 heterocycles. The van der Waals surface area contributed by atoms with Gasteiger partial charge in [0.2, 0.25) is 0 Å². The number of nitrogens with one attached hydrogen (secondary N) is 1. The molecule has 21 heavy (non-hydrogen) atoms. The van der Waals surface area contributed by atoms with Gasteiger partial charge in [-0.1, -0.05) is 33.6 Å². The van der Waals surface area contributed by atoms with Crippen molar-refractivity contribution in [2.24, 2.45) is 5.84 Å². The van der Waals surface area contributed by atoms with Crippen LogP contribution in [0, 0.1) is 17.5 Å². The number of hydrogen-bond acceptors (Lipinski definition) is 2. The Kier molecular flexibility index (Phi) is 5.27. The molecule has 2 aromatic carbocycles. The van der Waals surface area contributed by atoms with Gasteiger partial charge in [-0.15, -0.1) is 0 Å². The molecule has 7 heteroatoms. The molecule has 0 saturated carbocycles. The zero-order chi connectivity index (χ0) is 15.6. The van der Waals surface area contributed by atoms with E-state index in [9.17, 15) is 13.2 Å². The van der Waals surface area contributed by atoms with E-state index in [1.54, 1.807) is 6.07 Å². The van der Waals surface area contributed by atoms with Crippen LogP contribution in [0.15, 0.2) is 34.8 Å². The molecule has 1 atom stereocenters. The van der Waals surface area contributed by atoms with Gasteiger partial charge < -0.3 is 0 Å². The van der Waals surface area contributed by atoms with Gasteiger partial charge in [0, 0.05) is 10.0 Å². The third-order valence-electron chi connectivity index (χ3n) is 3.02. The summed E-state index contributed by atoms with van der Waals surface area (Å²) in [6.07, 6.45) is 0.111. The summed E-state index contributed by atoms with van der Waals surface area (Å²) in [4.78, 5) is 0. The highest BCUT2D eigenvalue weighted by atomic mass is 79.9. The van der Waals surface area contributed by atoms with Crippen molar-refractivity contribution in [3.05, 3.63) is 68.4 Å². The van der Waals surface area contributed by atoms with E-state index in [0.29, 0.717) is 5.56 Å². The molecule has 112 valence electrons. The van der Waals surface area contributed by atoms with Gasteiger partial charge in [0.1, 0.15) is 17.5 Å². The number of halogens is 5. The van der Waals surface area contributed by atoms with Gasteiger partial charge in [0.05, 0.1) is 11.1 Å². The first-order valence-electron chi connectivity index (χ1n) is 5.97. The molecule has 0 aliphatic rings. The van der Waals surface area contributed by atoms with Crippen LogP contribution in [-0.2, 0) is 6.42 Å². The van der Waals surface area contributed by atoms with Crippen LogP contribution >= 0.6 is 27.5 Å². The van der Waals surface area contributed by atoms with Gasteiger partial charge in [-0.3, -0.25) is 11.3 Å². The second-order valence-electron chi connectivity index (χ2n) is 4.45. The summed E-state index contributed by atoms with van der Waals surface area (Å²) < 4.78 is 41.6. The molecule has 0 aromatic heterocycles. The lowest BCUT2D eigenvalue weighted by Crippen LogP contribution is -2.31. The third-order valence-corrected chi connectivity index (χ3v) is 3.78. The SMILES string of the molecule is NNC(Cc1ccc(Cl)c(F)c1)c1c(F)cc(Br)cc1F. The Morgan fingerprint density at radius 2 is 1.71 bits per heavy atom. The fourth-order valence-electron chi connectivity index (χ4n) is 2.03. The molecule has 2 nitrogen and oxygen atoms in total. The molecule has 3 N–H and O–H groups in total. The highest BCUT2D eigenvalue weighted by molar-refractivity contribution is 9.10. The van der Waals surface area contributed by atoms with Crippen molar-refractivity contribution < 1.29 is 13.2 Å². The molecule has 0 aliphatic heterocycles. The van der Waals surface area contributed by atoms with Gasteiger partial charge in [-0.05, 0) is 36.2 Å². The van der Waals surface area contributed by atoms with E-state index in [2.05, 4.69) is 21.4 Å². The Labute approximate surface area is 133 Å². The predicted octanol–water partition coefficient (Wildman–Crippen LogP) is 4.27. The summed E-state index contributed by atoms with van der Waals surface area (Å²) in [6.45, 7) is 0. The normalized spacial score (nSPS) is 12.5. The Morgan fingerprint density at radius 3 is 2.24 bits per heavy atom. The van der Waals surface area contributed by atoms with Crippen molar-refractivity contribution in [2.45, 2.75) is 12.5 Å². The summed E-state index contributed by atoms with van der Waals surface area (Å²) in [7, 11) is 0. The Bertz CT molecular complexity index is 644. The molecular formula is C14H11BrClF3N2. The number of rotatable bonds is 4. The first-order valence-corrected chi connectivity index (χ1v) is 7.14. The average molecular weight is 380 g/mol. The standard InChI is InChI=1S/C14H11BrClF3N2/c15-8-5-11(18)14(12(19)6-8)13(21-20)4-7-1-2-9(16)10(17)3-7/h1-3,5-6,13,21H,4,20H2. The molecule has 0 radical (unpaired) electrons. The van der Waals surface area contributed by atoms with Gasteiger partial charge in [0.25, 0.3) is 0 Å². The van der Waals surface area contributed by atoms with Crippen molar-refractivity contribution in [3.63, 3.8) is 0 Å². The largest absolute Gasteiger partial charge is 0.271 e. The summed E-state index contributed by atoms with van der Waals surface area (Å²) in [6, 6.07) is 5.62. The first-order chi connectivity index (χ1) is 9.92. The van der Waals surface area contributed by atoms with Gasteiger partial charge >= 0.3 is 0 Å². The maximum atomic E-state index is 13.9. The van der Waals surface area contributed by atoms with Crippen LogP contribution in [0.4, 0.5) is 13.2 Å². The summed E-state index contributed by atoms with van der Waals surface area (Å²) in [5.41, 5.74) is 2.67. The molecule has 2 aromatic rings. The molecule has 2 rings (SSSR count). The van der Waals surface area contributed by atoms with E-state index in [4.69, 9.17) is 17.4 Å². The van der Waals surface area contributed by atoms with Crippen molar-refractivity contribution >= 4 is 27.5 Å². The van der Waals surface area contributed by atoms with Crippen LogP contribution in [0.2, 0.25) is 5.02 Å². The lowest BCUT2D eigenvalue weighted by atomic mass is 9.98. The van der Waals surface area contributed by atoms with Crippen LogP contribution in [0.1, 0.15) is 17.2 Å². The molecule has 0 fully saturated rings. The molecule has 0 aliphatic carbocycles. The minimum atomic E-state index is -0.835. The average Bonchev–Trinajstić information content (AvgIpc) is 2.40. The Morgan fingerprint density at radius 1 is 1.10 bits per heavy atom. The second-order valence-corrected chi connectivity index (χ2v) is 5.78. The predicted molar refractivity (Wildman–Crippen MR) is 79.2 cm³/mol. The Balaban J connectivity index is 2.34. The molecule has 0 amide bonds. The van der Waals surface area contributed by atoms with Crippen molar-refractivity contribution in [1.29, 1.82) is 0 Å². The topological polar surface area (TPSA) is 38.0 Å². The summed E-state index contributed by atoms with van der Waals surface area (Å²) in [5, 5.41) is -0.0167. The number of hydrogen-bond donors (Lipinski definition) is 2. The number of benzene rings is 2. The van der Waals surface area contributed by atoms with E-state index in [1.807, 2.05) is 0 Å². The van der Waals surface area contributed by atoms with Gasteiger partial charge in [0.15, 0.2) is 0 Å². The minimum Gasteiger partial charge on any atom is -0.271 e. The van der Waals surface area contributed by atoms with Gasteiger partial charge in [-0.25, -0.2) is 13.2 Å². The first kappa shape index (κ1) is 16.3. The monoisotopic (exact) mass is 378 g/mol. The highest BCUT2D eigenvalue weighted by Gasteiger charge is 2.21. The van der Waals surface area contributed by atoms with E-state index in [-0.39, 0.29) is 21.5 Å². The van der Waals surface area contributed by atoms with E-state index >= 15 is 0 Å². The van der Waals surface area contributed by atoms with Crippen LogP contribution in [0.3, 0.4) is 0 Å². The van der Waals surface area contributed by atoms with Crippen LogP contribution in [-0.4, -0.2) is 0 Å². The van der Waals surface area contributed by atoms with Crippen LogP contribution < -0.4 is 11.3 Å².